The molecule has 0 radical (unpaired) electrons. The quantitative estimate of drug-likeness (QED) is 0.445. The number of hydrogen-bond donors (Lipinski definition) is 0. The summed E-state index contributed by atoms with van der Waals surface area (Å²) in [6, 6.07) is 9.62. The van der Waals surface area contributed by atoms with E-state index in [1.165, 1.54) is 22.2 Å². The van der Waals surface area contributed by atoms with Gasteiger partial charge in [0.25, 0.3) is 5.56 Å². The predicted octanol–water partition coefficient (Wildman–Crippen LogP) is 3.52. The van der Waals surface area contributed by atoms with Crippen molar-refractivity contribution in [1.82, 2.24) is 14.5 Å². The van der Waals surface area contributed by atoms with Gasteiger partial charge in [-0.15, -0.1) is 11.3 Å². The molecule has 3 heterocycles. The lowest BCUT2D eigenvalue weighted by Gasteiger charge is -2.26. The van der Waals surface area contributed by atoms with E-state index in [0.717, 1.165) is 35.2 Å². The van der Waals surface area contributed by atoms with Gasteiger partial charge < -0.3 is 9.64 Å². The second-order valence-corrected chi connectivity index (χ2v) is 10.2. The topological polar surface area (TPSA) is 64.4 Å². The zero-order chi connectivity index (χ0) is 21.4. The second kappa shape index (κ2) is 8.76. The van der Waals surface area contributed by atoms with Gasteiger partial charge in [-0.2, -0.15) is 0 Å². The molecule has 1 saturated heterocycles. The number of carbonyl (C=O) groups excluding carboxylic acids is 1. The number of morpholine rings is 1. The van der Waals surface area contributed by atoms with Crippen LogP contribution in [0.5, 0.6) is 0 Å². The van der Waals surface area contributed by atoms with Crippen molar-refractivity contribution >= 4 is 39.2 Å². The molecular formula is C23H25N3O3S2. The number of thioether (sulfide) groups is 1. The number of rotatable bonds is 4. The lowest BCUT2D eigenvalue weighted by atomic mass is 9.89. The normalized spacial score (nSPS) is 18.9. The van der Waals surface area contributed by atoms with Crippen molar-refractivity contribution in [3.63, 3.8) is 0 Å². The van der Waals surface area contributed by atoms with Crippen LogP contribution in [-0.4, -0.2) is 52.4 Å². The van der Waals surface area contributed by atoms with Crippen LogP contribution >= 0.6 is 23.1 Å². The van der Waals surface area contributed by atoms with Crippen LogP contribution in [0.2, 0.25) is 0 Å². The van der Waals surface area contributed by atoms with Gasteiger partial charge in [0, 0.05) is 18.0 Å². The average Bonchev–Trinajstić information content (AvgIpc) is 3.16. The standard InChI is InChI=1S/C23H25N3O3S2/c1-15-7-8-17-18(13-15)31-21-20(17)22(28)26(16-5-3-2-4-6-16)23(24-21)30-14-19(27)25-9-11-29-12-10-25/h2-6,15H,7-14H2,1H3/t15-/m0/s1. The fourth-order valence-electron chi connectivity index (χ4n) is 4.30. The number of benzene rings is 1. The monoisotopic (exact) mass is 455 g/mol. The van der Waals surface area contributed by atoms with Crippen LogP contribution in [0.3, 0.4) is 0 Å². The maximum atomic E-state index is 13.7. The van der Waals surface area contributed by atoms with Gasteiger partial charge in [-0.3, -0.25) is 14.2 Å². The Balaban J connectivity index is 1.56. The maximum Gasteiger partial charge on any atom is 0.267 e. The molecule has 0 saturated carbocycles. The Labute approximate surface area is 189 Å². The number of nitrogens with zero attached hydrogens (tertiary/aromatic N) is 3. The zero-order valence-electron chi connectivity index (χ0n) is 17.5. The molecule has 1 aliphatic heterocycles. The molecule has 6 nitrogen and oxygen atoms in total. The van der Waals surface area contributed by atoms with E-state index in [4.69, 9.17) is 9.72 Å². The van der Waals surface area contributed by atoms with Crippen LogP contribution in [0.4, 0.5) is 0 Å². The van der Waals surface area contributed by atoms with E-state index in [0.29, 0.717) is 37.4 Å². The number of carbonyl (C=O) groups is 1. The molecule has 2 aromatic heterocycles. The van der Waals surface area contributed by atoms with Gasteiger partial charge >= 0.3 is 0 Å². The van der Waals surface area contributed by atoms with Crippen LogP contribution in [-0.2, 0) is 22.4 Å². The molecule has 0 bridgehead atoms. The Hall–Kier alpha value is -2.16. The Bertz CT molecular complexity index is 1170. The summed E-state index contributed by atoms with van der Waals surface area (Å²) in [6.45, 7) is 4.66. The van der Waals surface area contributed by atoms with Crippen LogP contribution in [0.1, 0.15) is 23.8 Å². The van der Waals surface area contributed by atoms with Crippen molar-refractivity contribution in [2.45, 2.75) is 31.3 Å². The zero-order valence-corrected chi connectivity index (χ0v) is 19.1. The van der Waals surface area contributed by atoms with E-state index in [1.807, 2.05) is 35.2 Å². The highest BCUT2D eigenvalue weighted by Gasteiger charge is 2.26. The molecule has 1 aliphatic carbocycles. The fourth-order valence-corrected chi connectivity index (χ4v) is 6.64. The Morgan fingerprint density at radius 3 is 2.81 bits per heavy atom. The Morgan fingerprint density at radius 2 is 2.03 bits per heavy atom. The number of hydrogen-bond acceptors (Lipinski definition) is 6. The summed E-state index contributed by atoms with van der Waals surface area (Å²) in [5.41, 5.74) is 1.94. The van der Waals surface area contributed by atoms with Gasteiger partial charge in [-0.25, -0.2) is 4.98 Å². The van der Waals surface area contributed by atoms with E-state index < -0.39 is 0 Å². The third-order valence-corrected chi connectivity index (χ3v) is 8.07. The van der Waals surface area contributed by atoms with Gasteiger partial charge in [0.2, 0.25) is 5.91 Å². The maximum absolute atomic E-state index is 13.7. The number of fused-ring (bicyclic) bond motifs is 3. The lowest BCUT2D eigenvalue weighted by Crippen LogP contribution is -2.41. The SMILES string of the molecule is C[C@H]1CCc2c(sc3nc(SCC(=O)N4CCOCC4)n(-c4ccccc4)c(=O)c23)C1. The predicted molar refractivity (Wildman–Crippen MR) is 125 cm³/mol. The first kappa shape index (κ1) is 20.7. The number of aryl methyl sites for hydroxylation is 1. The molecule has 5 rings (SSSR count). The number of thiophene rings is 1. The van der Waals surface area contributed by atoms with E-state index in [9.17, 15) is 9.59 Å². The number of ether oxygens (including phenoxy) is 1. The third kappa shape index (κ3) is 4.04. The molecule has 2 aliphatic rings. The molecule has 0 unspecified atom stereocenters. The van der Waals surface area contributed by atoms with Crippen molar-refractivity contribution in [3.05, 3.63) is 51.1 Å². The minimum atomic E-state index is -0.0235. The van der Waals surface area contributed by atoms with Crippen LogP contribution in [0, 0.1) is 5.92 Å². The molecule has 1 amide bonds. The van der Waals surface area contributed by atoms with Crippen molar-refractivity contribution in [2.75, 3.05) is 32.1 Å². The smallest absolute Gasteiger partial charge is 0.267 e. The molecule has 162 valence electrons. The Kier molecular flexibility index (Phi) is 5.86. The van der Waals surface area contributed by atoms with Crippen molar-refractivity contribution < 1.29 is 9.53 Å². The molecule has 1 aromatic carbocycles. The van der Waals surface area contributed by atoms with Gasteiger partial charge in [-0.05, 0) is 42.9 Å². The highest BCUT2D eigenvalue weighted by atomic mass is 32.2. The largest absolute Gasteiger partial charge is 0.378 e. The minimum absolute atomic E-state index is 0.0235. The van der Waals surface area contributed by atoms with Crippen molar-refractivity contribution in [3.8, 4) is 5.69 Å². The minimum Gasteiger partial charge on any atom is -0.378 e. The highest BCUT2D eigenvalue weighted by molar-refractivity contribution is 7.99. The molecule has 0 N–H and O–H groups in total. The lowest BCUT2D eigenvalue weighted by molar-refractivity contribution is -0.132. The van der Waals surface area contributed by atoms with Gasteiger partial charge in [0.15, 0.2) is 5.16 Å². The van der Waals surface area contributed by atoms with Crippen molar-refractivity contribution in [2.24, 2.45) is 5.92 Å². The van der Waals surface area contributed by atoms with Gasteiger partial charge in [0.1, 0.15) is 4.83 Å². The molecule has 0 spiro atoms. The Morgan fingerprint density at radius 1 is 1.26 bits per heavy atom. The van der Waals surface area contributed by atoms with Gasteiger partial charge in [0.05, 0.1) is 30.0 Å². The number of amides is 1. The fraction of sp³-hybridized carbons (Fsp3) is 0.435. The van der Waals surface area contributed by atoms with E-state index >= 15 is 0 Å². The van der Waals surface area contributed by atoms with Crippen LogP contribution < -0.4 is 5.56 Å². The average molecular weight is 456 g/mol. The summed E-state index contributed by atoms with van der Waals surface area (Å²) in [5.74, 6) is 0.950. The summed E-state index contributed by atoms with van der Waals surface area (Å²) in [5, 5.41) is 1.34. The molecular weight excluding hydrogens is 430 g/mol. The van der Waals surface area contributed by atoms with E-state index in [-0.39, 0.29) is 17.2 Å². The van der Waals surface area contributed by atoms with Crippen molar-refractivity contribution in [1.29, 1.82) is 0 Å². The second-order valence-electron chi connectivity index (χ2n) is 8.18. The summed E-state index contributed by atoms with van der Waals surface area (Å²) in [7, 11) is 0. The van der Waals surface area contributed by atoms with E-state index in [2.05, 4.69) is 6.92 Å². The molecule has 1 fully saturated rings. The third-order valence-electron chi connectivity index (χ3n) is 6.00. The first-order valence-electron chi connectivity index (χ1n) is 10.7. The molecule has 1 atom stereocenters. The molecule has 3 aromatic rings. The summed E-state index contributed by atoms with van der Waals surface area (Å²) in [4.78, 5) is 35.2. The number of aromatic nitrogens is 2. The highest BCUT2D eigenvalue weighted by Crippen LogP contribution is 2.37. The summed E-state index contributed by atoms with van der Waals surface area (Å²) in [6.07, 6.45) is 3.05. The first-order valence-corrected chi connectivity index (χ1v) is 12.5. The van der Waals surface area contributed by atoms with Gasteiger partial charge in [-0.1, -0.05) is 36.9 Å². The van der Waals surface area contributed by atoms with E-state index in [1.54, 1.807) is 15.9 Å². The molecule has 8 heteroatoms. The first-order chi connectivity index (χ1) is 15.1. The summed E-state index contributed by atoms with van der Waals surface area (Å²) >= 11 is 2.99. The molecule has 31 heavy (non-hydrogen) atoms. The number of para-hydroxylation sites is 1. The van der Waals surface area contributed by atoms with Crippen LogP contribution in [0.15, 0.2) is 40.3 Å². The van der Waals surface area contributed by atoms with Crippen LogP contribution in [0.25, 0.3) is 15.9 Å². The summed E-state index contributed by atoms with van der Waals surface area (Å²) < 4.78 is 7.03.